The van der Waals surface area contributed by atoms with Gasteiger partial charge in [0.05, 0.1) is 0 Å². The highest BCUT2D eigenvalue weighted by Gasteiger charge is 2.38. The number of esters is 1. The summed E-state index contributed by atoms with van der Waals surface area (Å²) in [6, 6.07) is 10.9. The molecule has 27 heavy (non-hydrogen) atoms. The molecule has 0 saturated carbocycles. The van der Waals surface area contributed by atoms with Gasteiger partial charge >= 0.3 is 5.97 Å². The lowest BCUT2D eigenvalue weighted by Crippen LogP contribution is -2.25. The van der Waals surface area contributed by atoms with E-state index in [2.05, 4.69) is 0 Å². The summed E-state index contributed by atoms with van der Waals surface area (Å²) in [7, 11) is 1.85. The molecule has 0 amide bonds. The SMILES string of the molecule is CN1/C(=C\C(=O)COC(=O)c2c(F)cccc2F)C(C)(C)c2ccccc21. The first-order valence-corrected chi connectivity index (χ1v) is 8.43. The fourth-order valence-corrected chi connectivity index (χ4v) is 3.35. The molecule has 0 unspecified atom stereocenters. The smallest absolute Gasteiger partial charge is 0.344 e. The molecule has 1 aliphatic heterocycles. The van der Waals surface area contributed by atoms with Crippen molar-refractivity contribution >= 4 is 17.4 Å². The second-order valence-electron chi connectivity index (χ2n) is 6.87. The summed E-state index contributed by atoms with van der Waals surface area (Å²) in [4.78, 5) is 26.1. The van der Waals surface area contributed by atoms with E-state index in [1.54, 1.807) is 0 Å². The van der Waals surface area contributed by atoms with E-state index in [-0.39, 0.29) is 0 Å². The highest BCUT2D eigenvalue weighted by atomic mass is 19.1. The molecule has 4 nitrogen and oxygen atoms in total. The molecule has 1 heterocycles. The van der Waals surface area contributed by atoms with Gasteiger partial charge in [-0.05, 0) is 23.8 Å². The van der Waals surface area contributed by atoms with Gasteiger partial charge in [0.25, 0.3) is 0 Å². The van der Waals surface area contributed by atoms with E-state index in [9.17, 15) is 18.4 Å². The maximum atomic E-state index is 13.6. The van der Waals surface area contributed by atoms with Crippen molar-refractivity contribution in [2.75, 3.05) is 18.6 Å². The second-order valence-corrected chi connectivity index (χ2v) is 6.87. The molecular formula is C21H19F2NO3. The molecule has 0 aromatic heterocycles. The molecule has 1 aliphatic rings. The first kappa shape index (κ1) is 18.8. The van der Waals surface area contributed by atoms with Crippen molar-refractivity contribution in [2.24, 2.45) is 0 Å². The average Bonchev–Trinajstić information content (AvgIpc) is 2.81. The Balaban J connectivity index is 1.75. The van der Waals surface area contributed by atoms with Gasteiger partial charge < -0.3 is 9.64 Å². The van der Waals surface area contributed by atoms with Gasteiger partial charge in [-0.15, -0.1) is 0 Å². The van der Waals surface area contributed by atoms with Gasteiger partial charge in [0.2, 0.25) is 0 Å². The van der Waals surface area contributed by atoms with Gasteiger partial charge in [0.1, 0.15) is 17.2 Å². The molecule has 0 saturated heterocycles. The van der Waals surface area contributed by atoms with Crippen LogP contribution < -0.4 is 4.90 Å². The van der Waals surface area contributed by atoms with Crippen LogP contribution in [0.2, 0.25) is 0 Å². The largest absolute Gasteiger partial charge is 0.454 e. The highest BCUT2D eigenvalue weighted by molar-refractivity contribution is 5.96. The zero-order valence-electron chi connectivity index (χ0n) is 15.3. The lowest BCUT2D eigenvalue weighted by molar-refractivity contribution is -0.117. The van der Waals surface area contributed by atoms with Crippen LogP contribution in [0.15, 0.2) is 54.2 Å². The minimum atomic E-state index is -1.21. The molecule has 0 aliphatic carbocycles. The number of anilines is 1. The van der Waals surface area contributed by atoms with Crippen LogP contribution in [0.5, 0.6) is 0 Å². The fraction of sp³-hybridized carbons (Fsp3) is 0.238. The van der Waals surface area contributed by atoms with Gasteiger partial charge in [-0.1, -0.05) is 38.1 Å². The number of carbonyl (C=O) groups is 2. The van der Waals surface area contributed by atoms with Crippen LogP contribution in [0.25, 0.3) is 0 Å². The standard InChI is InChI=1S/C21H19F2NO3/c1-21(2)14-7-4-5-10-17(14)24(3)18(21)11-13(25)12-27-20(26)19-15(22)8-6-9-16(19)23/h4-11H,12H2,1-3H3/b18-11-. The first-order chi connectivity index (χ1) is 12.7. The number of carbonyl (C=O) groups excluding carboxylic acids is 2. The Hall–Kier alpha value is -3.02. The van der Waals surface area contributed by atoms with E-state index < -0.39 is 41.0 Å². The van der Waals surface area contributed by atoms with Crippen LogP contribution in [0.4, 0.5) is 14.5 Å². The van der Waals surface area contributed by atoms with Crippen molar-refractivity contribution in [1.29, 1.82) is 0 Å². The molecule has 0 atom stereocenters. The van der Waals surface area contributed by atoms with E-state index in [1.165, 1.54) is 6.08 Å². The van der Waals surface area contributed by atoms with Gasteiger partial charge in [0, 0.05) is 29.9 Å². The predicted octanol–water partition coefficient (Wildman–Crippen LogP) is 4.00. The normalized spacial score (nSPS) is 16.3. The number of benzene rings is 2. The van der Waals surface area contributed by atoms with Crippen molar-refractivity contribution in [3.8, 4) is 0 Å². The molecule has 0 fully saturated rings. The molecule has 0 bridgehead atoms. The van der Waals surface area contributed by atoms with Crippen molar-refractivity contribution in [3.63, 3.8) is 0 Å². The van der Waals surface area contributed by atoms with Crippen molar-refractivity contribution in [1.82, 2.24) is 0 Å². The van der Waals surface area contributed by atoms with E-state index >= 15 is 0 Å². The number of para-hydroxylation sites is 1. The average molecular weight is 371 g/mol. The Labute approximate surface area is 156 Å². The zero-order valence-corrected chi connectivity index (χ0v) is 15.3. The molecule has 0 N–H and O–H groups in total. The summed E-state index contributed by atoms with van der Waals surface area (Å²) in [5.41, 5.74) is 1.62. The third-order valence-electron chi connectivity index (χ3n) is 4.75. The Morgan fingerprint density at radius 3 is 2.33 bits per heavy atom. The molecule has 2 aromatic carbocycles. The number of hydrogen-bond acceptors (Lipinski definition) is 4. The maximum Gasteiger partial charge on any atom is 0.344 e. The molecular weight excluding hydrogens is 352 g/mol. The number of likely N-dealkylation sites (N-methyl/N-ethyl adjacent to an activating group) is 1. The monoisotopic (exact) mass is 371 g/mol. The quantitative estimate of drug-likeness (QED) is 0.602. The third kappa shape index (κ3) is 3.35. The number of ketones is 1. The minimum Gasteiger partial charge on any atom is -0.454 e. The molecule has 140 valence electrons. The summed E-state index contributed by atoms with van der Waals surface area (Å²) in [6.07, 6.45) is 1.41. The van der Waals surface area contributed by atoms with E-state index in [0.29, 0.717) is 0 Å². The predicted molar refractivity (Wildman–Crippen MR) is 97.6 cm³/mol. The van der Waals surface area contributed by atoms with Gasteiger partial charge in [0.15, 0.2) is 12.4 Å². The number of fused-ring (bicyclic) bond motifs is 1. The van der Waals surface area contributed by atoms with Gasteiger partial charge in [-0.25, -0.2) is 13.6 Å². The summed E-state index contributed by atoms with van der Waals surface area (Å²) < 4.78 is 32.0. The molecule has 0 spiro atoms. The molecule has 2 aromatic rings. The number of halogens is 2. The number of nitrogens with zero attached hydrogens (tertiary/aromatic N) is 1. The Morgan fingerprint density at radius 1 is 1.07 bits per heavy atom. The van der Waals surface area contributed by atoms with Crippen LogP contribution in [-0.2, 0) is 14.9 Å². The van der Waals surface area contributed by atoms with Crippen molar-refractivity contribution < 1.29 is 23.1 Å². The zero-order chi connectivity index (χ0) is 19.8. The minimum absolute atomic E-state index is 0.400. The topological polar surface area (TPSA) is 46.6 Å². The number of hydrogen-bond donors (Lipinski definition) is 0. The number of allylic oxidation sites excluding steroid dienone is 1. The molecule has 6 heteroatoms. The molecule has 3 rings (SSSR count). The maximum absolute atomic E-state index is 13.6. The van der Waals surface area contributed by atoms with Crippen LogP contribution in [0.3, 0.4) is 0 Å². The van der Waals surface area contributed by atoms with Crippen molar-refractivity contribution in [3.05, 3.63) is 77.0 Å². The molecule has 0 radical (unpaired) electrons. The van der Waals surface area contributed by atoms with Gasteiger partial charge in [-0.2, -0.15) is 0 Å². The Bertz CT molecular complexity index is 930. The van der Waals surface area contributed by atoms with Gasteiger partial charge in [-0.3, -0.25) is 4.79 Å². The summed E-state index contributed by atoms with van der Waals surface area (Å²) in [5.74, 6) is -3.74. The van der Waals surface area contributed by atoms with Crippen LogP contribution >= 0.6 is 0 Å². The highest BCUT2D eigenvalue weighted by Crippen LogP contribution is 2.46. The second kappa shape index (κ2) is 6.95. The van der Waals surface area contributed by atoms with Crippen LogP contribution in [0.1, 0.15) is 29.8 Å². The number of rotatable bonds is 4. The van der Waals surface area contributed by atoms with Crippen molar-refractivity contribution in [2.45, 2.75) is 19.3 Å². The first-order valence-electron chi connectivity index (χ1n) is 8.43. The fourth-order valence-electron chi connectivity index (χ4n) is 3.35. The Morgan fingerprint density at radius 2 is 1.70 bits per heavy atom. The van der Waals surface area contributed by atoms with E-state index in [0.717, 1.165) is 35.1 Å². The Kier molecular flexibility index (Phi) is 4.83. The third-order valence-corrected chi connectivity index (χ3v) is 4.75. The number of ether oxygens (including phenoxy) is 1. The lowest BCUT2D eigenvalue weighted by atomic mass is 9.83. The summed E-state index contributed by atoms with van der Waals surface area (Å²) in [5, 5.41) is 0. The van der Waals surface area contributed by atoms with Crippen LogP contribution in [0, 0.1) is 11.6 Å². The van der Waals surface area contributed by atoms with E-state index in [1.807, 2.05) is 50.1 Å². The van der Waals surface area contributed by atoms with E-state index in [4.69, 9.17) is 4.74 Å². The lowest BCUT2D eigenvalue weighted by Gasteiger charge is -2.23. The summed E-state index contributed by atoms with van der Waals surface area (Å²) >= 11 is 0. The summed E-state index contributed by atoms with van der Waals surface area (Å²) in [6.45, 7) is 3.39. The van der Waals surface area contributed by atoms with Crippen LogP contribution in [-0.4, -0.2) is 25.4 Å².